The Bertz CT molecular complexity index is 1270. The predicted molar refractivity (Wildman–Crippen MR) is 132 cm³/mol. The summed E-state index contributed by atoms with van der Waals surface area (Å²) in [7, 11) is 1.61. The molecule has 0 aliphatic carbocycles. The van der Waals surface area contributed by atoms with E-state index in [2.05, 4.69) is 32.8 Å². The van der Waals surface area contributed by atoms with E-state index < -0.39 is 0 Å². The average Bonchev–Trinajstić information content (AvgIpc) is 3.27. The molecule has 8 heteroatoms. The number of aromatic nitrogens is 3. The Hall–Kier alpha value is -3.84. The van der Waals surface area contributed by atoms with Crippen molar-refractivity contribution in [3.63, 3.8) is 0 Å². The van der Waals surface area contributed by atoms with Crippen molar-refractivity contribution >= 4 is 29.4 Å². The van der Waals surface area contributed by atoms with Crippen molar-refractivity contribution in [1.29, 1.82) is 0 Å². The third-order valence-corrected chi connectivity index (χ3v) is 6.17. The molecule has 5 rings (SSSR count). The fourth-order valence-electron chi connectivity index (χ4n) is 4.19. The van der Waals surface area contributed by atoms with Gasteiger partial charge in [-0.15, -0.1) is 5.10 Å². The number of nitrogens with one attached hydrogen (secondary N) is 2. The summed E-state index contributed by atoms with van der Waals surface area (Å²) in [5, 5.41) is 11.6. The van der Waals surface area contributed by atoms with Gasteiger partial charge in [-0.2, -0.15) is 4.98 Å². The van der Waals surface area contributed by atoms with E-state index >= 15 is 0 Å². The Labute approximate surface area is 202 Å². The molecule has 2 heterocycles. The van der Waals surface area contributed by atoms with Gasteiger partial charge in [0.15, 0.2) is 0 Å². The number of ether oxygens (including phenoxy) is 1. The highest BCUT2D eigenvalue weighted by molar-refractivity contribution is 6.30. The summed E-state index contributed by atoms with van der Waals surface area (Å²) in [6, 6.07) is 25.4. The minimum atomic E-state index is -0.184. The van der Waals surface area contributed by atoms with Crippen molar-refractivity contribution < 1.29 is 9.53 Å². The van der Waals surface area contributed by atoms with Crippen molar-refractivity contribution in [3.8, 4) is 5.75 Å². The van der Waals surface area contributed by atoms with Crippen LogP contribution in [0.2, 0.25) is 5.02 Å². The molecular formula is C26H24ClN5O2. The second-order valence-corrected chi connectivity index (χ2v) is 8.62. The molecule has 3 aromatic carbocycles. The van der Waals surface area contributed by atoms with E-state index in [1.54, 1.807) is 7.11 Å². The maximum absolute atomic E-state index is 12.7. The largest absolute Gasteiger partial charge is 0.497 e. The lowest BCUT2D eigenvalue weighted by Gasteiger charge is -2.31. The first kappa shape index (κ1) is 22.0. The third kappa shape index (κ3) is 4.75. The Morgan fingerprint density at radius 2 is 1.79 bits per heavy atom. The molecule has 4 aromatic rings. The van der Waals surface area contributed by atoms with Gasteiger partial charge in [0.2, 0.25) is 11.9 Å². The topological polar surface area (TPSA) is 81.1 Å². The molecule has 2 atom stereocenters. The van der Waals surface area contributed by atoms with Gasteiger partial charge in [0.25, 0.3) is 5.95 Å². The van der Waals surface area contributed by atoms with E-state index in [1.165, 1.54) is 5.56 Å². The number of anilines is 2. The molecule has 172 valence electrons. The maximum atomic E-state index is 12.7. The van der Waals surface area contributed by atoms with E-state index in [-0.39, 0.29) is 30.4 Å². The Morgan fingerprint density at radius 1 is 1.06 bits per heavy atom. The van der Waals surface area contributed by atoms with Crippen molar-refractivity contribution in [2.45, 2.75) is 24.9 Å². The number of halogens is 1. The molecule has 34 heavy (non-hydrogen) atoms. The fourth-order valence-corrected chi connectivity index (χ4v) is 4.32. The molecule has 0 unspecified atom stereocenters. The number of fused-ring (bicyclic) bond motifs is 1. The number of carbonyl (C=O) groups excluding carboxylic acids is 1. The second-order valence-electron chi connectivity index (χ2n) is 8.19. The molecule has 1 aliphatic rings. The van der Waals surface area contributed by atoms with Gasteiger partial charge in [0, 0.05) is 5.02 Å². The standard InChI is InChI=1S/C26H24ClN5O2/c1-34-21-13-7-17(8-14-21)15-24(33)29-25-30-26-28-22(18-5-3-2-4-6-18)16-23(32(26)31-25)19-9-11-20(27)12-10-19/h2-14,22-23H,15-16H2,1H3,(H2,28,29,30,31,33)/t22-,23-/m0/s1. The van der Waals surface area contributed by atoms with Crippen molar-refractivity contribution in [2.24, 2.45) is 0 Å². The molecule has 7 nitrogen and oxygen atoms in total. The highest BCUT2D eigenvalue weighted by Crippen LogP contribution is 2.38. The normalized spacial score (nSPS) is 16.9. The highest BCUT2D eigenvalue weighted by Gasteiger charge is 2.31. The summed E-state index contributed by atoms with van der Waals surface area (Å²) in [4.78, 5) is 17.2. The predicted octanol–water partition coefficient (Wildman–Crippen LogP) is 5.27. The van der Waals surface area contributed by atoms with E-state index in [4.69, 9.17) is 16.3 Å². The number of nitrogens with zero attached hydrogens (tertiary/aromatic N) is 3. The van der Waals surface area contributed by atoms with Crippen LogP contribution in [-0.2, 0) is 11.2 Å². The van der Waals surface area contributed by atoms with Crippen LogP contribution in [0, 0.1) is 0 Å². The summed E-state index contributed by atoms with van der Waals surface area (Å²) >= 11 is 6.12. The number of hydrogen-bond donors (Lipinski definition) is 2. The smallest absolute Gasteiger partial charge is 0.250 e. The Morgan fingerprint density at radius 3 is 2.50 bits per heavy atom. The zero-order chi connectivity index (χ0) is 23.5. The number of hydrogen-bond acceptors (Lipinski definition) is 5. The van der Waals surface area contributed by atoms with Gasteiger partial charge in [-0.25, -0.2) is 4.68 Å². The lowest BCUT2D eigenvalue weighted by atomic mass is 9.93. The average molecular weight is 474 g/mol. The van der Waals surface area contributed by atoms with E-state index in [0.29, 0.717) is 11.0 Å². The Kier molecular flexibility index (Phi) is 6.18. The van der Waals surface area contributed by atoms with Crippen LogP contribution in [0.5, 0.6) is 5.75 Å². The van der Waals surface area contributed by atoms with Crippen LogP contribution < -0.4 is 15.4 Å². The third-order valence-electron chi connectivity index (χ3n) is 5.92. The minimum Gasteiger partial charge on any atom is -0.497 e. The second kappa shape index (κ2) is 9.57. The number of rotatable bonds is 6. The highest BCUT2D eigenvalue weighted by atomic mass is 35.5. The lowest BCUT2D eigenvalue weighted by molar-refractivity contribution is -0.115. The molecule has 1 aromatic heterocycles. The summed E-state index contributed by atoms with van der Waals surface area (Å²) in [6.07, 6.45) is 0.996. The zero-order valence-electron chi connectivity index (χ0n) is 18.6. The van der Waals surface area contributed by atoms with Gasteiger partial charge < -0.3 is 10.1 Å². The number of methoxy groups -OCH3 is 1. The lowest BCUT2D eigenvalue weighted by Crippen LogP contribution is -2.28. The molecule has 1 amide bonds. The molecule has 0 saturated heterocycles. The Balaban J connectivity index is 1.39. The van der Waals surface area contributed by atoms with Gasteiger partial charge in [0.1, 0.15) is 5.75 Å². The van der Waals surface area contributed by atoms with Crippen LogP contribution in [0.4, 0.5) is 11.9 Å². The first-order valence-corrected chi connectivity index (χ1v) is 11.4. The minimum absolute atomic E-state index is 0.0569. The summed E-state index contributed by atoms with van der Waals surface area (Å²) < 4.78 is 7.01. The monoisotopic (exact) mass is 473 g/mol. The molecule has 0 radical (unpaired) electrons. The molecular weight excluding hydrogens is 450 g/mol. The number of carbonyl (C=O) groups is 1. The van der Waals surface area contributed by atoms with Gasteiger partial charge in [-0.3, -0.25) is 10.1 Å². The maximum Gasteiger partial charge on any atom is 0.250 e. The van der Waals surface area contributed by atoms with Crippen LogP contribution in [0.25, 0.3) is 0 Å². The number of benzene rings is 3. The zero-order valence-corrected chi connectivity index (χ0v) is 19.4. The molecule has 2 N–H and O–H groups in total. The van der Waals surface area contributed by atoms with E-state index in [0.717, 1.165) is 23.3 Å². The first-order chi connectivity index (χ1) is 16.6. The fraction of sp³-hybridized carbons (Fsp3) is 0.192. The van der Waals surface area contributed by atoms with Crippen molar-refractivity contribution in [3.05, 3.63) is 101 Å². The molecule has 1 aliphatic heterocycles. The molecule has 0 saturated carbocycles. The quantitative estimate of drug-likeness (QED) is 0.399. The van der Waals surface area contributed by atoms with Crippen LogP contribution >= 0.6 is 11.6 Å². The number of amides is 1. The summed E-state index contributed by atoms with van der Waals surface area (Å²) in [5.74, 6) is 1.45. The SMILES string of the molecule is COc1ccc(CC(=O)Nc2nc3n(n2)[C@H](c2ccc(Cl)cc2)C[C@@H](c2ccccc2)N3)cc1. The van der Waals surface area contributed by atoms with E-state index in [9.17, 15) is 4.79 Å². The summed E-state index contributed by atoms with van der Waals surface area (Å²) in [6.45, 7) is 0. The molecule has 0 bridgehead atoms. The van der Waals surface area contributed by atoms with Gasteiger partial charge in [-0.1, -0.05) is 66.2 Å². The molecule has 0 fully saturated rings. The summed E-state index contributed by atoms with van der Waals surface area (Å²) in [5.41, 5.74) is 3.12. The van der Waals surface area contributed by atoms with Crippen LogP contribution in [0.15, 0.2) is 78.9 Å². The van der Waals surface area contributed by atoms with E-state index in [1.807, 2.05) is 71.4 Å². The van der Waals surface area contributed by atoms with Gasteiger partial charge >= 0.3 is 0 Å². The van der Waals surface area contributed by atoms with Crippen LogP contribution in [0.3, 0.4) is 0 Å². The van der Waals surface area contributed by atoms with Crippen molar-refractivity contribution in [1.82, 2.24) is 14.8 Å². The van der Waals surface area contributed by atoms with Crippen LogP contribution in [-0.4, -0.2) is 27.8 Å². The molecule has 0 spiro atoms. The van der Waals surface area contributed by atoms with Gasteiger partial charge in [0.05, 0.1) is 25.6 Å². The van der Waals surface area contributed by atoms with Gasteiger partial charge in [-0.05, 0) is 47.4 Å². The van der Waals surface area contributed by atoms with Crippen molar-refractivity contribution in [2.75, 3.05) is 17.7 Å². The van der Waals surface area contributed by atoms with Crippen LogP contribution in [0.1, 0.15) is 35.2 Å². The first-order valence-electron chi connectivity index (χ1n) is 11.1.